The van der Waals surface area contributed by atoms with Crippen LogP contribution in [0.5, 0.6) is 11.5 Å². The minimum atomic E-state index is 0.0844. The lowest BCUT2D eigenvalue weighted by molar-refractivity contribution is 0.0709. The van der Waals surface area contributed by atoms with Crippen LogP contribution in [-0.4, -0.2) is 23.6 Å². The van der Waals surface area contributed by atoms with Crippen molar-refractivity contribution in [3.05, 3.63) is 47.1 Å². The van der Waals surface area contributed by atoms with E-state index in [2.05, 4.69) is 39.0 Å². The average molecular weight is 311 g/mol. The number of benzene rings is 1. The molecule has 1 aromatic rings. The summed E-state index contributed by atoms with van der Waals surface area (Å²) in [6, 6.07) is 3.88. The first-order chi connectivity index (χ1) is 11.0. The summed E-state index contributed by atoms with van der Waals surface area (Å²) >= 11 is 0. The average Bonchev–Trinajstić information content (AvgIpc) is 3.10. The zero-order chi connectivity index (χ0) is 16.1. The van der Waals surface area contributed by atoms with Gasteiger partial charge in [0.2, 0.25) is 6.79 Å². The molecule has 3 aliphatic rings. The molecule has 1 aliphatic carbocycles. The summed E-state index contributed by atoms with van der Waals surface area (Å²) in [5.41, 5.74) is 3.12. The van der Waals surface area contributed by atoms with E-state index in [0.717, 1.165) is 16.9 Å². The van der Waals surface area contributed by atoms with Crippen LogP contribution >= 0.6 is 0 Å². The Kier molecular flexibility index (Phi) is 3.22. The molecule has 120 valence electrons. The number of fused-ring (bicyclic) bond motifs is 2. The van der Waals surface area contributed by atoms with E-state index in [1.807, 2.05) is 17.0 Å². The number of ether oxygens (including phenoxy) is 2. The minimum absolute atomic E-state index is 0.0844. The van der Waals surface area contributed by atoms with Gasteiger partial charge >= 0.3 is 0 Å². The van der Waals surface area contributed by atoms with Crippen LogP contribution in [0.15, 0.2) is 35.9 Å². The van der Waals surface area contributed by atoms with Crippen LogP contribution in [0.2, 0.25) is 0 Å². The van der Waals surface area contributed by atoms with Gasteiger partial charge in [-0.3, -0.25) is 4.79 Å². The normalized spacial score (nSPS) is 25.1. The zero-order valence-electron chi connectivity index (χ0n) is 13.7. The Morgan fingerprint density at radius 2 is 1.96 bits per heavy atom. The Morgan fingerprint density at radius 1 is 1.22 bits per heavy atom. The molecule has 0 spiro atoms. The fraction of sp³-hybridized carbons (Fsp3) is 0.421. The largest absolute Gasteiger partial charge is 0.454 e. The number of hydrogen-bond acceptors (Lipinski definition) is 3. The molecule has 2 heterocycles. The quantitative estimate of drug-likeness (QED) is 0.839. The van der Waals surface area contributed by atoms with Crippen molar-refractivity contribution in [3.8, 4) is 11.5 Å². The molecule has 4 heteroatoms. The smallest absolute Gasteiger partial charge is 0.255 e. The summed E-state index contributed by atoms with van der Waals surface area (Å²) in [6.07, 6.45) is 6.63. The molecule has 23 heavy (non-hydrogen) atoms. The molecule has 0 radical (unpaired) electrons. The molecule has 4 nitrogen and oxygen atoms in total. The lowest BCUT2D eigenvalue weighted by Crippen LogP contribution is -2.39. The molecule has 2 atom stereocenters. The van der Waals surface area contributed by atoms with E-state index in [4.69, 9.17) is 9.47 Å². The number of carbonyl (C=O) groups is 1. The van der Waals surface area contributed by atoms with Gasteiger partial charge in [-0.1, -0.05) is 39.0 Å². The van der Waals surface area contributed by atoms with Crippen molar-refractivity contribution < 1.29 is 14.3 Å². The maximum absolute atomic E-state index is 12.8. The van der Waals surface area contributed by atoms with E-state index in [0.29, 0.717) is 24.1 Å². The first-order valence-electron chi connectivity index (χ1n) is 8.18. The maximum atomic E-state index is 12.8. The van der Waals surface area contributed by atoms with E-state index in [-0.39, 0.29) is 18.7 Å². The van der Waals surface area contributed by atoms with Crippen LogP contribution in [0.4, 0.5) is 0 Å². The van der Waals surface area contributed by atoms with E-state index in [9.17, 15) is 4.79 Å². The van der Waals surface area contributed by atoms with Crippen molar-refractivity contribution in [1.29, 1.82) is 0 Å². The highest BCUT2D eigenvalue weighted by Gasteiger charge is 2.36. The number of hydrogen-bond donors (Lipinski definition) is 0. The van der Waals surface area contributed by atoms with Gasteiger partial charge in [0.15, 0.2) is 11.5 Å². The molecule has 0 saturated heterocycles. The van der Waals surface area contributed by atoms with Crippen molar-refractivity contribution in [3.63, 3.8) is 0 Å². The predicted molar refractivity (Wildman–Crippen MR) is 87.5 cm³/mol. The van der Waals surface area contributed by atoms with Crippen molar-refractivity contribution in [2.45, 2.75) is 33.4 Å². The van der Waals surface area contributed by atoms with Gasteiger partial charge in [0.05, 0.1) is 6.04 Å². The fourth-order valence-electron chi connectivity index (χ4n) is 3.58. The number of allylic oxidation sites excluding steroid dienone is 2. The van der Waals surface area contributed by atoms with Crippen molar-refractivity contribution >= 4 is 5.91 Å². The number of nitrogens with zero attached hydrogens (tertiary/aromatic N) is 1. The monoisotopic (exact) mass is 311 g/mol. The summed E-state index contributed by atoms with van der Waals surface area (Å²) < 4.78 is 10.8. The van der Waals surface area contributed by atoms with Crippen LogP contribution in [0.25, 0.3) is 0 Å². The fourth-order valence-corrected chi connectivity index (χ4v) is 3.58. The van der Waals surface area contributed by atoms with E-state index >= 15 is 0 Å². The number of amides is 1. The lowest BCUT2D eigenvalue weighted by atomic mass is 9.87. The molecule has 0 saturated carbocycles. The van der Waals surface area contributed by atoms with Crippen LogP contribution in [0, 0.1) is 11.8 Å². The first kappa shape index (κ1) is 14.4. The van der Waals surface area contributed by atoms with Gasteiger partial charge in [-0.15, -0.1) is 0 Å². The second-order valence-corrected chi connectivity index (χ2v) is 6.83. The van der Waals surface area contributed by atoms with Crippen LogP contribution in [0.3, 0.4) is 0 Å². The highest BCUT2D eigenvalue weighted by atomic mass is 16.7. The van der Waals surface area contributed by atoms with Gasteiger partial charge in [0.25, 0.3) is 5.91 Å². The Morgan fingerprint density at radius 3 is 2.65 bits per heavy atom. The first-order valence-corrected chi connectivity index (χ1v) is 8.18. The summed E-state index contributed by atoms with van der Waals surface area (Å²) in [7, 11) is 0. The second-order valence-electron chi connectivity index (χ2n) is 6.83. The molecule has 0 bridgehead atoms. The number of rotatable bonds is 2. The summed E-state index contributed by atoms with van der Waals surface area (Å²) in [5.74, 6) is 2.33. The van der Waals surface area contributed by atoms with Gasteiger partial charge in [0.1, 0.15) is 0 Å². The molecule has 0 N–H and O–H groups in total. The summed E-state index contributed by atoms with van der Waals surface area (Å²) in [4.78, 5) is 14.8. The zero-order valence-corrected chi connectivity index (χ0v) is 13.7. The van der Waals surface area contributed by atoms with Crippen LogP contribution in [0.1, 0.15) is 36.7 Å². The van der Waals surface area contributed by atoms with E-state index in [1.165, 1.54) is 5.57 Å². The molecule has 2 unspecified atom stereocenters. The third-order valence-corrected chi connectivity index (χ3v) is 4.94. The van der Waals surface area contributed by atoms with Crippen LogP contribution < -0.4 is 9.47 Å². The predicted octanol–water partition coefficient (Wildman–Crippen LogP) is 3.53. The third-order valence-electron chi connectivity index (χ3n) is 4.94. The standard InChI is InChI=1S/C19H21NO3/c1-11(2)13-4-5-16(12(3)6-13)20-9-14-7-17-18(23-10-22-17)8-15(14)19(20)21/h4-8,11-12,16H,9-10H2,1-3H3. The van der Waals surface area contributed by atoms with Gasteiger partial charge < -0.3 is 14.4 Å². The Balaban J connectivity index is 1.61. The molecule has 0 fully saturated rings. The Labute approximate surface area is 136 Å². The van der Waals surface area contributed by atoms with Crippen molar-refractivity contribution in [2.75, 3.05) is 6.79 Å². The molecule has 0 aromatic heterocycles. The highest BCUT2D eigenvalue weighted by molar-refractivity contribution is 5.99. The van der Waals surface area contributed by atoms with Gasteiger partial charge in [-0.2, -0.15) is 0 Å². The summed E-state index contributed by atoms with van der Waals surface area (Å²) in [6.45, 7) is 7.44. The molecule has 4 rings (SSSR count). The van der Waals surface area contributed by atoms with E-state index < -0.39 is 0 Å². The summed E-state index contributed by atoms with van der Waals surface area (Å²) in [5, 5.41) is 0. The Hall–Kier alpha value is -2.23. The Bertz CT molecular complexity index is 732. The highest BCUT2D eigenvalue weighted by Crippen LogP contribution is 2.39. The SMILES string of the molecule is CC(C)C1=CC(C)C(N2Cc3cc4c(cc3C2=O)OCO4)C=C1. The van der Waals surface area contributed by atoms with Gasteiger partial charge in [-0.05, 0) is 35.1 Å². The van der Waals surface area contributed by atoms with Crippen molar-refractivity contribution in [2.24, 2.45) is 11.8 Å². The van der Waals surface area contributed by atoms with Crippen molar-refractivity contribution in [1.82, 2.24) is 4.90 Å². The van der Waals surface area contributed by atoms with Gasteiger partial charge in [-0.25, -0.2) is 0 Å². The van der Waals surface area contributed by atoms with Gasteiger partial charge in [0, 0.05) is 12.1 Å². The maximum Gasteiger partial charge on any atom is 0.255 e. The van der Waals surface area contributed by atoms with E-state index in [1.54, 1.807) is 0 Å². The lowest BCUT2D eigenvalue weighted by Gasteiger charge is -2.32. The van der Waals surface area contributed by atoms with Crippen LogP contribution in [-0.2, 0) is 6.54 Å². The molecule has 2 aliphatic heterocycles. The third kappa shape index (κ3) is 2.24. The molecular weight excluding hydrogens is 290 g/mol. The second kappa shape index (κ2) is 5.15. The molecular formula is C19H21NO3. The topological polar surface area (TPSA) is 38.8 Å². The number of carbonyl (C=O) groups excluding carboxylic acids is 1. The molecule has 1 aromatic carbocycles. The molecule has 1 amide bonds. The minimum Gasteiger partial charge on any atom is -0.454 e.